The average Bonchev–Trinajstić information content (AvgIpc) is 2.79. The summed E-state index contributed by atoms with van der Waals surface area (Å²) in [5.74, 6) is 2.86. The Morgan fingerprint density at radius 1 is 1.21 bits per heavy atom. The molecule has 1 heterocycles. The smallest absolute Gasteiger partial charge is 0.228 e. The van der Waals surface area contributed by atoms with E-state index in [1.54, 1.807) is 0 Å². The summed E-state index contributed by atoms with van der Waals surface area (Å²) in [5, 5.41) is 7.62. The first-order valence-corrected chi connectivity index (χ1v) is 7.57. The molecule has 1 unspecified atom stereocenters. The maximum Gasteiger partial charge on any atom is 0.228 e. The van der Waals surface area contributed by atoms with E-state index in [2.05, 4.69) is 50.1 Å². The van der Waals surface area contributed by atoms with Gasteiger partial charge in [-0.3, -0.25) is 0 Å². The number of aryl methyl sites for hydroxylation is 1. The molecule has 4 nitrogen and oxygen atoms in total. The highest BCUT2D eigenvalue weighted by atomic mass is 16.5. The SMILES string of the molecule is CCCNC(Cc1nc(CCC(C)C)no1)C(C)C. The summed E-state index contributed by atoms with van der Waals surface area (Å²) < 4.78 is 5.36. The van der Waals surface area contributed by atoms with Crippen LogP contribution in [0, 0.1) is 11.8 Å². The fraction of sp³-hybridized carbons (Fsp3) is 0.867. The Morgan fingerprint density at radius 2 is 1.95 bits per heavy atom. The molecule has 0 aliphatic rings. The van der Waals surface area contributed by atoms with Crippen LogP contribution in [0.25, 0.3) is 0 Å². The highest BCUT2D eigenvalue weighted by molar-refractivity contribution is 4.91. The van der Waals surface area contributed by atoms with Gasteiger partial charge in [0.25, 0.3) is 0 Å². The number of nitrogens with one attached hydrogen (secondary N) is 1. The second-order valence-electron chi connectivity index (χ2n) is 6.05. The van der Waals surface area contributed by atoms with Crippen LogP contribution in [-0.2, 0) is 12.8 Å². The Labute approximate surface area is 117 Å². The van der Waals surface area contributed by atoms with E-state index in [0.29, 0.717) is 17.9 Å². The molecule has 1 aromatic rings. The molecule has 0 aliphatic heterocycles. The van der Waals surface area contributed by atoms with Crippen molar-refractivity contribution in [3.63, 3.8) is 0 Å². The van der Waals surface area contributed by atoms with Crippen LogP contribution in [0.2, 0.25) is 0 Å². The van der Waals surface area contributed by atoms with Crippen molar-refractivity contribution in [1.82, 2.24) is 15.5 Å². The standard InChI is InChI=1S/C15H29N3O/c1-6-9-16-13(12(4)5)10-15-17-14(18-19-15)8-7-11(2)3/h11-13,16H,6-10H2,1-5H3. The molecule has 1 atom stereocenters. The Bertz CT molecular complexity index is 347. The first-order valence-electron chi connectivity index (χ1n) is 7.57. The van der Waals surface area contributed by atoms with Crippen LogP contribution < -0.4 is 5.32 Å². The molecule has 0 aromatic carbocycles. The van der Waals surface area contributed by atoms with Crippen molar-refractivity contribution in [3.05, 3.63) is 11.7 Å². The molecule has 0 aliphatic carbocycles. The molecule has 0 bridgehead atoms. The predicted molar refractivity (Wildman–Crippen MR) is 78.1 cm³/mol. The van der Waals surface area contributed by atoms with Gasteiger partial charge in [-0.25, -0.2) is 0 Å². The van der Waals surface area contributed by atoms with Gasteiger partial charge in [-0.2, -0.15) is 4.98 Å². The Balaban J connectivity index is 2.50. The van der Waals surface area contributed by atoms with Gasteiger partial charge in [-0.15, -0.1) is 0 Å². The maximum absolute atomic E-state index is 5.36. The summed E-state index contributed by atoms with van der Waals surface area (Å²) in [7, 11) is 0. The number of aromatic nitrogens is 2. The zero-order valence-corrected chi connectivity index (χ0v) is 13.1. The number of rotatable bonds is 9. The molecule has 0 amide bonds. The van der Waals surface area contributed by atoms with Crippen molar-refractivity contribution in [1.29, 1.82) is 0 Å². The van der Waals surface area contributed by atoms with E-state index in [4.69, 9.17) is 4.52 Å². The molecular weight excluding hydrogens is 238 g/mol. The zero-order valence-electron chi connectivity index (χ0n) is 13.1. The van der Waals surface area contributed by atoms with Gasteiger partial charge in [-0.1, -0.05) is 39.8 Å². The van der Waals surface area contributed by atoms with E-state index in [0.717, 1.165) is 43.9 Å². The van der Waals surface area contributed by atoms with Gasteiger partial charge in [0, 0.05) is 18.9 Å². The maximum atomic E-state index is 5.36. The Kier molecular flexibility index (Phi) is 7.06. The minimum absolute atomic E-state index is 0.415. The summed E-state index contributed by atoms with van der Waals surface area (Å²) in [6.45, 7) is 12.1. The van der Waals surface area contributed by atoms with Crippen molar-refractivity contribution < 1.29 is 4.52 Å². The lowest BCUT2D eigenvalue weighted by atomic mass is 10.0. The van der Waals surface area contributed by atoms with Crippen molar-refractivity contribution in [2.24, 2.45) is 11.8 Å². The van der Waals surface area contributed by atoms with Crippen LogP contribution in [0.15, 0.2) is 4.52 Å². The monoisotopic (exact) mass is 267 g/mol. The summed E-state index contributed by atoms with van der Waals surface area (Å²) in [6, 6.07) is 0.415. The molecule has 1 rings (SSSR count). The van der Waals surface area contributed by atoms with Gasteiger partial charge < -0.3 is 9.84 Å². The minimum Gasteiger partial charge on any atom is -0.339 e. The third-order valence-corrected chi connectivity index (χ3v) is 3.31. The van der Waals surface area contributed by atoms with E-state index in [1.807, 2.05) is 0 Å². The van der Waals surface area contributed by atoms with E-state index in [-0.39, 0.29) is 0 Å². The molecule has 1 aromatic heterocycles. The number of hydrogen-bond donors (Lipinski definition) is 1. The molecular formula is C15H29N3O. The minimum atomic E-state index is 0.415. The summed E-state index contributed by atoms with van der Waals surface area (Å²) in [5.41, 5.74) is 0. The lowest BCUT2D eigenvalue weighted by molar-refractivity contribution is 0.324. The molecule has 1 N–H and O–H groups in total. The summed E-state index contributed by atoms with van der Waals surface area (Å²) in [6.07, 6.45) is 4.00. The fourth-order valence-corrected chi connectivity index (χ4v) is 1.95. The van der Waals surface area contributed by atoms with Crippen LogP contribution in [0.4, 0.5) is 0 Å². The van der Waals surface area contributed by atoms with Gasteiger partial charge in [0.1, 0.15) is 0 Å². The number of nitrogens with zero attached hydrogens (tertiary/aromatic N) is 2. The average molecular weight is 267 g/mol. The molecule has 0 saturated heterocycles. The quantitative estimate of drug-likeness (QED) is 0.746. The fourth-order valence-electron chi connectivity index (χ4n) is 1.95. The second-order valence-corrected chi connectivity index (χ2v) is 6.05. The second kappa shape index (κ2) is 8.31. The van der Waals surface area contributed by atoms with Gasteiger partial charge >= 0.3 is 0 Å². The lowest BCUT2D eigenvalue weighted by Gasteiger charge is -2.20. The Hall–Kier alpha value is -0.900. The van der Waals surface area contributed by atoms with Gasteiger partial charge in [0.05, 0.1) is 0 Å². The Morgan fingerprint density at radius 3 is 2.53 bits per heavy atom. The van der Waals surface area contributed by atoms with Crippen LogP contribution in [0.1, 0.15) is 59.2 Å². The van der Waals surface area contributed by atoms with Crippen molar-refractivity contribution >= 4 is 0 Å². The lowest BCUT2D eigenvalue weighted by Crippen LogP contribution is -2.36. The van der Waals surface area contributed by atoms with Crippen LogP contribution >= 0.6 is 0 Å². The van der Waals surface area contributed by atoms with Crippen LogP contribution in [0.5, 0.6) is 0 Å². The van der Waals surface area contributed by atoms with Gasteiger partial charge in [0.15, 0.2) is 5.82 Å². The van der Waals surface area contributed by atoms with Crippen LogP contribution in [-0.4, -0.2) is 22.7 Å². The molecule has 19 heavy (non-hydrogen) atoms. The van der Waals surface area contributed by atoms with Gasteiger partial charge in [0.2, 0.25) is 5.89 Å². The van der Waals surface area contributed by atoms with E-state index < -0.39 is 0 Å². The van der Waals surface area contributed by atoms with E-state index >= 15 is 0 Å². The highest BCUT2D eigenvalue weighted by Gasteiger charge is 2.17. The van der Waals surface area contributed by atoms with E-state index in [9.17, 15) is 0 Å². The molecule has 0 fully saturated rings. The summed E-state index contributed by atoms with van der Waals surface area (Å²) >= 11 is 0. The first-order chi connectivity index (χ1) is 9.02. The molecule has 0 radical (unpaired) electrons. The molecule has 110 valence electrons. The molecule has 0 saturated carbocycles. The van der Waals surface area contributed by atoms with Crippen molar-refractivity contribution in [2.75, 3.05) is 6.54 Å². The molecule has 4 heteroatoms. The van der Waals surface area contributed by atoms with E-state index in [1.165, 1.54) is 0 Å². The normalized spacial score (nSPS) is 13.4. The third-order valence-electron chi connectivity index (χ3n) is 3.31. The third kappa shape index (κ3) is 6.19. The van der Waals surface area contributed by atoms with Crippen molar-refractivity contribution in [3.8, 4) is 0 Å². The topological polar surface area (TPSA) is 51.0 Å². The number of hydrogen-bond acceptors (Lipinski definition) is 4. The van der Waals surface area contributed by atoms with Gasteiger partial charge in [-0.05, 0) is 31.2 Å². The van der Waals surface area contributed by atoms with Crippen LogP contribution in [0.3, 0.4) is 0 Å². The van der Waals surface area contributed by atoms with Crippen molar-refractivity contribution in [2.45, 2.75) is 66.3 Å². The largest absolute Gasteiger partial charge is 0.339 e. The molecule has 0 spiro atoms. The first kappa shape index (κ1) is 16.2. The zero-order chi connectivity index (χ0) is 14.3. The summed E-state index contributed by atoms with van der Waals surface area (Å²) in [4.78, 5) is 4.49. The highest BCUT2D eigenvalue weighted by Crippen LogP contribution is 2.11. The predicted octanol–water partition coefficient (Wildman–Crippen LogP) is 3.22.